The molecule has 4 nitrogen and oxygen atoms in total. The molecule has 0 saturated carbocycles. The van der Waals surface area contributed by atoms with Crippen molar-refractivity contribution in [3.05, 3.63) is 36.0 Å². The first-order valence-electron chi connectivity index (χ1n) is 6.47. The zero-order valence-electron chi connectivity index (χ0n) is 10.6. The van der Waals surface area contributed by atoms with E-state index >= 15 is 0 Å². The standard InChI is InChI=1S/C14H19N3O/c1-10-9-17(7-6-15-10)14(18)13-8-11-4-2-3-5-12(11)16-13/h2-5,8,10,14-16,18H,6-7,9H2,1H3. The van der Waals surface area contributed by atoms with Gasteiger partial charge in [0.1, 0.15) is 6.23 Å². The molecule has 0 aliphatic carbocycles. The molecule has 0 radical (unpaired) electrons. The summed E-state index contributed by atoms with van der Waals surface area (Å²) in [5.74, 6) is 0. The number of benzene rings is 1. The van der Waals surface area contributed by atoms with Gasteiger partial charge in [-0.25, -0.2) is 0 Å². The van der Waals surface area contributed by atoms with E-state index in [1.807, 2.05) is 24.3 Å². The Kier molecular flexibility index (Phi) is 3.07. The summed E-state index contributed by atoms with van der Waals surface area (Å²) in [7, 11) is 0. The lowest BCUT2D eigenvalue weighted by Gasteiger charge is -2.34. The van der Waals surface area contributed by atoms with Crippen LogP contribution in [0.25, 0.3) is 10.9 Å². The van der Waals surface area contributed by atoms with Crippen molar-refractivity contribution in [1.29, 1.82) is 0 Å². The van der Waals surface area contributed by atoms with Gasteiger partial charge in [0.15, 0.2) is 0 Å². The van der Waals surface area contributed by atoms with Gasteiger partial charge < -0.3 is 15.4 Å². The van der Waals surface area contributed by atoms with E-state index in [1.165, 1.54) is 0 Å². The van der Waals surface area contributed by atoms with Crippen LogP contribution in [0.3, 0.4) is 0 Å². The second-order valence-electron chi connectivity index (χ2n) is 5.04. The first-order valence-corrected chi connectivity index (χ1v) is 6.47. The second kappa shape index (κ2) is 4.72. The topological polar surface area (TPSA) is 51.3 Å². The summed E-state index contributed by atoms with van der Waals surface area (Å²) in [5, 5.41) is 15.0. The second-order valence-corrected chi connectivity index (χ2v) is 5.04. The SMILES string of the molecule is CC1CN(C(O)c2cc3ccccc3[nH]2)CCN1. The molecular formula is C14H19N3O. The highest BCUT2D eigenvalue weighted by atomic mass is 16.3. The minimum atomic E-state index is -0.540. The lowest BCUT2D eigenvalue weighted by molar-refractivity contribution is -0.0163. The Hall–Kier alpha value is -1.36. The van der Waals surface area contributed by atoms with Crippen molar-refractivity contribution in [3.8, 4) is 0 Å². The third kappa shape index (κ3) is 2.14. The van der Waals surface area contributed by atoms with Crippen LogP contribution in [0.5, 0.6) is 0 Å². The summed E-state index contributed by atoms with van der Waals surface area (Å²) in [5.41, 5.74) is 1.96. The number of aromatic nitrogens is 1. The number of piperazine rings is 1. The fourth-order valence-electron chi connectivity index (χ4n) is 2.62. The third-order valence-electron chi connectivity index (χ3n) is 3.58. The maximum atomic E-state index is 10.4. The summed E-state index contributed by atoms with van der Waals surface area (Å²) in [4.78, 5) is 5.40. The highest BCUT2D eigenvalue weighted by Crippen LogP contribution is 2.23. The van der Waals surface area contributed by atoms with Gasteiger partial charge in [-0.05, 0) is 24.4 Å². The van der Waals surface area contributed by atoms with Gasteiger partial charge in [0.25, 0.3) is 0 Å². The minimum absolute atomic E-state index is 0.428. The zero-order chi connectivity index (χ0) is 12.5. The van der Waals surface area contributed by atoms with Crippen molar-refractivity contribution < 1.29 is 5.11 Å². The van der Waals surface area contributed by atoms with Gasteiger partial charge in [0.05, 0.1) is 5.69 Å². The molecule has 96 valence electrons. The lowest BCUT2D eigenvalue weighted by Crippen LogP contribution is -2.50. The molecule has 1 aliphatic rings. The Balaban J connectivity index is 1.84. The summed E-state index contributed by atoms with van der Waals surface area (Å²) in [6.45, 7) is 4.82. The molecule has 3 N–H and O–H groups in total. The van der Waals surface area contributed by atoms with Gasteiger partial charge >= 0.3 is 0 Å². The summed E-state index contributed by atoms with van der Waals surface area (Å²) in [6.07, 6.45) is -0.540. The normalized spacial score (nSPS) is 23.3. The highest BCUT2D eigenvalue weighted by molar-refractivity contribution is 5.80. The van der Waals surface area contributed by atoms with Crippen LogP contribution in [0.4, 0.5) is 0 Å². The number of H-pyrrole nitrogens is 1. The monoisotopic (exact) mass is 245 g/mol. The summed E-state index contributed by atoms with van der Waals surface area (Å²) >= 11 is 0. The number of aliphatic hydroxyl groups excluding tert-OH is 1. The molecule has 1 aromatic carbocycles. The van der Waals surface area contributed by atoms with Crippen LogP contribution < -0.4 is 5.32 Å². The molecule has 0 bridgehead atoms. The van der Waals surface area contributed by atoms with E-state index in [9.17, 15) is 5.11 Å². The van der Waals surface area contributed by atoms with Crippen LogP contribution in [-0.2, 0) is 0 Å². The molecule has 2 atom stereocenters. The quantitative estimate of drug-likeness (QED) is 0.750. The average Bonchev–Trinajstić information content (AvgIpc) is 2.81. The molecule has 3 rings (SSSR count). The van der Waals surface area contributed by atoms with Crippen molar-refractivity contribution in [2.75, 3.05) is 19.6 Å². The fourth-order valence-corrected chi connectivity index (χ4v) is 2.62. The molecular weight excluding hydrogens is 226 g/mol. The average molecular weight is 245 g/mol. The zero-order valence-corrected chi connectivity index (χ0v) is 10.6. The van der Waals surface area contributed by atoms with Gasteiger partial charge in [-0.2, -0.15) is 0 Å². The smallest absolute Gasteiger partial charge is 0.148 e. The van der Waals surface area contributed by atoms with Crippen molar-refractivity contribution >= 4 is 10.9 Å². The predicted octanol–water partition coefficient (Wildman–Crippen LogP) is 1.45. The number of fused-ring (bicyclic) bond motifs is 1. The van der Waals surface area contributed by atoms with E-state index in [0.717, 1.165) is 36.2 Å². The van der Waals surface area contributed by atoms with Crippen LogP contribution in [0.2, 0.25) is 0 Å². The number of nitrogens with one attached hydrogen (secondary N) is 2. The number of para-hydroxylation sites is 1. The van der Waals surface area contributed by atoms with Crippen molar-refractivity contribution in [1.82, 2.24) is 15.2 Å². The molecule has 1 fully saturated rings. The molecule has 1 aromatic heterocycles. The Morgan fingerprint density at radius 3 is 3.00 bits per heavy atom. The van der Waals surface area contributed by atoms with E-state index < -0.39 is 6.23 Å². The summed E-state index contributed by atoms with van der Waals surface area (Å²) in [6, 6.07) is 10.6. The molecule has 0 amide bonds. The lowest BCUT2D eigenvalue weighted by atomic mass is 10.2. The molecule has 2 heterocycles. The van der Waals surface area contributed by atoms with Crippen molar-refractivity contribution in [3.63, 3.8) is 0 Å². The number of hydrogen-bond donors (Lipinski definition) is 3. The third-order valence-corrected chi connectivity index (χ3v) is 3.58. The molecule has 18 heavy (non-hydrogen) atoms. The van der Waals surface area contributed by atoms with Crippen LogP contribution >= 0.6 is 0 Å². The maximum absolute atomic E-state index is 10.4. The van der Waals surface area contributed by atoms with E-state index in [4.69, 9.17) is 0 Å². The van der Waals surface area contributed by atoms with Crippen LogP contribution in [0, 0.1) is 0 Å². The van der Waals surface area contributed by atoms with Gasteiger partial charge in [-0.1, -0.05) is 18.2 Å². The first kappa shape index (κ1) is 11.7. The number of rotatable bonds is 2. The maximum Gasteiger partial charge on any atom is 0.148 e. The molecule has 0 spiro atoms. The largest absolute Gasteiger partial charge is 0.373 e. The van der Waals surface area contributed by atoms with Gasteiger partial charge in [0, 0.05) is 31.2 Å². The van der Waals surface area contributed by atoms with E-state index in [2.05, 4.69) is 28.2 Å². The van der Waals surface area contributed by atoms with Gasteiger partial charge in [0.2, 0.25) is 0 Å². The Labute approximate surface area is 107 Å². The van der Waals surface area contributed by atoms with E-state index in [1.54, 1.807) is 0 Å². The van der Waals surface area contributed by atoms with E-state index in [0.29, 0.717) is 6.04 Å². The first-order chi connectivity index (χ1) is 8.74. The Morgan fingerprint density at radius 1 is 1.39 bits per heavy atom. The predicted molar refractivity (Wildman–Crippen MR) is 72.3 cm³/mol. The van der Waals surface area contributed by atoms with Gasteiger partial charge in [-0.15, -0.1) is 0 Å². The van der Waals surface area contributed by atoms with Crippen molar-refractivity contribution in [2.24, 2.45) is 0 Å². The Morgan fingerprint density at radius 2 is 2.22 bits per heavy atom. The molecule has 2 aromatic rings. The number of nitrogens with zero attached hydrogens (tertiary/aromatic N) is 1. The van der Waals surface area contributed by atoms with Gasteiger partial charge in [-0.3, -0.25) is 4.90 Å². The summed E-state index contributed by atoms with van der Waals surface area (Å²) < 4.78 is 0. The Bertz CT molecular complexity index is 504. The van der Waals surface area contributed by atoms with Crippen LogP contribution in [0.15, 0.2) is 30.3 Å². The highest BCUT2D eigenvalue weighted by Gasteiger charge is 2.23. The molecule has 4 heteroatoms. The fraction of sp³-hybridized carbons (Fsp3) is 0.429. The number of hydrogen-bond acceptors (Lipinski definition) is 3. The number of aliphatic hydroxyl groups is 1. The number of aromatic amines is 1. The minimum Gasteiger partial charge on any atom is -0.373 e. The van der Waals surface area contributed by atoms with Crippen LogP contribution in [-0.4, -0.2) is 40.7 Å². The van der Waals surface area contributed by atoms with Crippen LogP contribution in [0.1, 0.15) is 18.8 Å². The molecule has 2 unspecified atom stereocenters. The van der Waals surface area contributed by atoms with E-state index in [-0.39, 0.29) is 0 Å². The molecule has 1 saturated heterocycles. The molecule has 1 aliphatic heterocycles. The van der Waals surface area contributed by atoms with Crippen molar-refractivity contribution in [2.45, 2.75) is 19.2 Å².